The average Bonchev–Trinajstić information content (AvgIpc) is 2.74. The summed E-state index contributed by atoms with van der Waals surface area (Å²) >= 11 is 0. The highest BCUT2D eigenvalue weighted by molar-refractivity contribution is 6.30. The van der Waals surface area contributed by atoms with Crippen molar-refractivity contribution in [1.82, 2.24) is 0 Å². The van der Waals surface area contributed by atoms with Crippen molar-refractivity contribution in [1.29, 1.82) is 0 Å². The molecule has 0 aromatic rings. The van der Waals surface area contributed by atoms with E-state index in [1.807, 2.05) is 0 Å². The van der Waals surface area contributed by atoms with E-state index >= 15 is 0 Å². The van der Waals surface area contributed by atoms with E-state index in [0.717, 1.165) is 14.2 Å². The number of hydrogen-bond donors (Lipinski definition) is 0. The molecule has 0 amide bonds. The number of hydrogen-bond acceptors (Lipinski definition) is 8. The van der Waals surface area contributed by atoms with Gasteiger partial charge in [-0.2, -0.15) is 0 Å². The lowest BCUT2D eigenvalue weighted by Crippen LogP contribution is -2.56. The smallest absolute Gasteiger partial charge is 0.337 e. The second kappa shape index (κ2) is 13.2. The predicted molar refractivity (Wildman–Crippen MR) is 105 cm³/mol. The second-order valence-electron chi connectivity index (χ2n) is 6.91. The molecule has 0 aliphatic heterocycles. The third-order valence-corrected chi connectivity index (χ3v) is 5.40. The van der Waals surface area contributed by atoms with Gasteiger partial charge in [-0.3, -0.25) is 14.4 Å². The molecule has 0 aromatic carbocycles. The van der Waals surface area contributed by atoms with E-state index in [2.05, 4.69) is 4.74 Å². The number of carbonyl (C=O) groups is 4. The third kappa shape index (κ3) is 6.43. The van der Waals surface area contributed by atoms with Gasteiger partial charge in [-0.1, -0.05) is 26.7 Å². The number of unbranched alkanes of at least 4 members (excludes halogenated alkanes) is 3. The summed E-state index contributed by atoms with van der Waals surface area (Å²) < 4.78 is 31.5. The fraction of sp³-hybridized carbons (Fsp3) is 0.789. The van der Waals surface area contributed by atoms with Crippen LogP contribution in [0.4, 0.5) is 4.39 Å². The minimum absolute atomic E-state index is 0.00233. The van der Waals surface area contributed by atoms with E-state index in [0.29, 0.717) is 38.5 Å². The predicted octanol–water partition coefficient (Wildman–Crippen LogP) is 1.55. The van der Waals surface area contributed by atoms with Crippen molar-refractivity contribution in [3.05, 3.63) is 0 Å². The maximum absolute atomic E-state index is 13.0. The zero-order valence-electron chi connectivity index (χ0n) is 18.0. The van der Waals surface area contributed by atoms with Gasteiger partial charge in [-0.25, -0.2) is 9.18 Å². The van der Waals surface area contributed by atoms with Crippen LogP contribution in [0.25, 0.3) is 0 Å². The van der Waals surface area contributed by atoms with Crippen molar-refractivity contribution in [3.63, 3.8) is 0 Å². The van der Waals surface area contributed by atoms with Gasteiger partial charge in [0.2, 0.25) is 0 Å². The Hall–Kier alpha value is -2.13. The number of carbonyl (C=O) groups excluding carboxylic acids is 4. The molecular formula is C19H32BFO8. The molecule has 0 aliphatic rings. The Morgan fingerprint density at radius 2 is 1.24 bits per heavy atom. The average molecular weight is 418 g/mol. The molecule has 0 fully saturated rings. The van der Waals surface area contributed by atoms with Gasteiger partial charge < -0.3 is 18.9 Å². The van der Waals surface area contributed by atoms with Crippen LogP contribution in [0.1, 0.15) is 52.4 Å². The summed E-state index contributed by atoms with van der Waals surface area (Å²) in [6.07, 6.45) is 3.06. The zero-order chi connectivity index (χ0) is 22.5. The van der Waals surface area contributed by atoms with Crippen LogP contribution in [0.3, 0.4) is 0 Å². The third-order valence-electron chi connectivity index (χ3n) is 5.40. The number of halogens is 1. The lowest BCUT2D eigenvalue weighted by Gasteiger charge is -2.41. The van der Waals surface area contributed by atoms with Crippen molar-refractivity contribution in [2.75, 3.05) is 34.1 Å². The molecular weight excluding hydrogens is 386 g/mol. The molecule has 0 atom stereocenters. The fourth-order valence-corrected chi connectivity index (χ4v) is 3.13. The monoisotopic (exact) mass is 418 g/mol. The Balaban J connectivity index is 5.02. The van der Waals surface area contributed by atoms with Crippen LogP contribution < -0.4 is 0 Å². The van der Waals surface area contributed by atoms with E-state index in [4.69, 9.17) is 14.2 Å². The first-order chi connectivity index (χ1) is 13.7. The zero-order valence-corrected chi connectivity index (χ0v) is 18.0. The number of esters is 4. The normalized spacial score (nSPS) is 11.5. The first kappa shape index (κ1) is 26.9. The van der Waals surface area contributed by atoms with Crippen LogP contribution in [-0.2, 0) is 38.1 Å². The molecule has 10 heteroatoms. The first-order valence-electron chi connectivity index (χ1n) is 9.77. The quantitative estimate of drug-likeness (QED) is 0.138. The van der Waals surface area contributed by atoms with Crippen molar-refractivity contribution >= 4 is 31.7 Å². The molecule has 29 heavy (non-hydrogen) atoms. The van der Waals surface area contributed by atoms with Crippen molar-refractivity contribution in [2.45, 2.75) is 57.7 Å². The van der Waals surface area contributed by atoms with E-state index in [-0.39, 0.29) is 13.2 Å². The van der Waals surface area contributed by atoms with Crippen LogP contribution in [0.5, 0.6) is 0 Å². The molecule has 0 spiro atoms. The van der Waals surface area contributed by atoms with Gasteiger partial charge in [0.05, 0.1) is 27.4 Å². The van der Waals surface area contributed by atoms with Crippen LogP contribution in [0.15, 0.2) is 0 Å². The highest BCUT2D eigenvalue weighted by Crippen LogP contribution is 2.51. The minimum atomic E-state index is -2.21. The van der Waals surface area contributed by atoms with Gasteiger partial charge in [0.15, 0.2) is 6.67 Å². The number of ether oxygens (including phenoxy) is 4. The van der Waals surface area contributed by atoms with E-state index < -0.39 is 41.3 Å². The van der Waals surface area contributed by atoms with E-state index in [9.17, 15) is 23.6 Å². The lowest BCUT2D eigenvalue weighted by molar-refractivity contribution is -0.186. The van der Waals surface area contributed by atoms with Crippen LogP contribution in [0.2, 0.25) is 5.31 Å². The summed E-state index contributed by atoms with van der Waals surface area (Å²) in [6.45, 7) is 2.52. The van der Waals surface area contributed by atoms with E-state index in [1.165, 1.54) is 0 Å². The molecule has 8 nitrogen and oxygen atoms in total. The van der Waals surface area contributed by atoms with Crippen LogP contribution in [-0.4, -0.2) is 65.8 Å². The maximum atomic E-state index is 13.0. The molecule has 0 heterocycles. The Kier molecular flexibility index (Phi) is 12.2. The van der Waals surface area contributed by atoms with Gasteiger partial charge in [-0.05, 0) is 31.0 Å². The summed E-state index contributed by atoms with van der Waals surface area (Å²) in [6, 6.07) is 0. The van der Waals surface area contributed by atoms with Crippen molar-refractivity contribution in [3.8, 4) is 0 Å². The molecule has 0 aromatic heterocycles. The lowest BCUT2D eigenvalue weighted by atomic mass is 9.49. The fourth-order valence-electron chi connectivity index (χ4n) is 3.13. The standard InChI is InChI=1S/C19H32BFO8/c1-5-18(20,6-2)19(15(23)26-3,16(24)27-4)17(25)29-12-10-8-7-9-11-28-14(22)13-21/h5-13,20H2,1-4H3. The summed E-state index contributed by atoms with van der Waals surface area (Å²) in [5, 5.41) is -1.05. The first-order valence-corrected chi connectivity index (χ1v) is 9.77. The highest BCUT2D eigenvalue weighted by atomic mass is 19.1. The number of alkyl halides is 1. The molecule has 0 N–H and O–H groups in total. The molecule has 0 saturated carbocycles. The largest absolute Gasteiger partial charge is 0.468 e. The molecule has 0 rings (SSSR count). The Morgan fingerprint density at radius 3 is 1.62 bits per heavy atom. The maximum Gasteiger partial charge on any atom is 0.337 e. The van der Waals surface area contributed by atoms with Crippen molar-refractivity contribution < 1.29 is 42.5 Å². The summed E-state index contributed by atoms with van der Waals surface area (Å²) in [4.78, 5) is 48.9. The molecule has 0 radical (unpaired) electrons. The highest BCUT2D eigenvalue weighted by Gasteiger charge is 2.66. The van der Waals surface area contributed by atoms with Gasteiger partial charge in [0.25, 0.3) is 5.41 Å². The van der Waals surface area contributed by atoms with Crippen molar-refractivity contribution in [2.24, 2.45) is 5.41 Å². The van der Waals surface area contributed by atoms with Crippen LogP contribution >= 0.6 is 0 Å². The Labute approximate surface area is 172 Å². The molecule has 0 saturated heterocycles. The van der Waals surface area contributed by atoms with Gasteiger partial charge in [-0.15, -0.1) is 0 Å². The minimum Gasteiger partial charge on any atom is -0.468 e. The molecule has 166 valence electrons. The summed E-state index contributed by atoms with van der Waals surface area (Å²) in [5.74, 6) is -3.89. The SMILES string of the molecule is BC(CC)(CC)C(C(=O)OC)(C(=O)OC)C(=O)OCCCCCCOC(=O)CF. The number of rotatable bonds is 14. The Bertz CT molecular complexity index is 546. The number of methoxy groups -OCH3 is 2. The summed E-state index contributed by atoms with van der Waals surface area (Å²) in [5.41, 5.74) is -2.21. The molecule has 0 aliphatic carbocycles. The second-order valence-corrected chi connectivity index (χ2v) is 6.91. The van der Waals surface area contributed by atoms with E-state index in [1.54, 1.807) is 21.7 Å². The van der Waals surface area contributed by atoms with Gasteiger partial charge >= 0.3 is 23.9 Å². The topological polar surface area (TPSA) is 105 Å². The summed E-state index contributed by atoms with van der Waals surface area (Å²) in [7, 11) is 3.87. The molecule has 0 unspecified atom stereocenters. The Morgan fingerprint density at radius 1 is 0.793 bits per heavy atom. The van der Waals surface area contributed by atoms with Gasteiger partial charge in [0, 0.05) is 0 Å². The van der Waals surface area contributed by atoms with Gasteiger partial charge in [0.1, 0.15) is 7.85 Å². The van der Waals surface area contributed by atoms with Crippen LogP contribution in [0, 0.1) is 5.41 Å². The molecule has 0 bridgehead atoms.